The number of hydrogen-bond acceptors (Lipinski definition) is 3. The molecule has 4 aromatic carbocycles. The molecular weight excluding hydrogens is 722 g/mol. The summed E-state index contributed by atoms with van der Waals surface area (Å²) in [5.41, 5.74) is -5.06. The smallest absolute Gasteiger partial charge is 0.485 e. The van der Waals surface area contributed by atoms with Crippen molar-refractivity contribution in [1.82, 2.24) is 0 Å². The van der Waals surface area contributed by atoms with Gasteiger partial charge in [-0.3, -0.25) is 0 Å². The van der Waals surface area contributed by atoms with Crippen molar-refractivity contribution < 1.29 is 45.6 Å². The van der Waals surface area contributed by atoms with Crippen LogP contribution in [0.1, 0.15) is 13.3 Å². The van der Waals surface area contributed by atoms with E-state index < -0.39 is 23.5 Å². The van der Waals surface area contributed by atoms with Gasteiger partial charge in [0.15, 0.2) is 10.1 Å². The minimum atomic E-state index is -6.09. The molecule has 0 saturated carbocycles. The molecule has 4 aromatic rings. The summed E-state index contributed by atoms with van der Waals surface area (Å²) < 4.78 is 58.9. The molecule has 0 aliphatic heterocycles. The van der Waals surface area contributed by atoms with Gasteiger partial charge in [-0.25, -0.2) is 8.42 Å². The maximum Gasteiger partial charge on any atom is 0.485 e. The summed E-state index contributed by atoms with van der Waals surface area (Å²) in [5.74, 6) is 1.62. The molecule has 2 aliphatic carbocycles. The molecule has 0 unspecified atom stereocenters. The van der Waals surface area contributed by atoms with Gasteiger partial charge in [0, 0.05) is 19.5 Å². The van der Waals surface area contributed by atoms with Crippen LogP contribution in [0.4, 0.5) is 13.2 Å². The van der Waals surface area contributed by atoms with E-state index in [9.17, 15) is 13.2 Å². The van der Waals surface area contributed by atoms with Gasteiger partial charge in [-0.2, -0.15) is 13.2 Å². The molecule has 0 fully saturated rings. The van der Waals surface area contributed by atoms with Crippen LogP contribution >= 0.6 is 15.8 Å². The van der Waals surface area contributed by atoms with Crippen molar-refractivity contribution >= 4 is 47.2 Å². The van der Waals surface area contributed by atoms with Gasteiger partial charge in [0.1, 0.15) is 0 Å². The number of benzene rings is 4. The average Bonchev–Trinajstić information content (AvgIpc) is 3.69. The van der Waals surface area contributed by atoms with Crippen molar-refractivity contribution in [3.8, 4) is 0 Å². The number of allylic oxidation sites excluding steroid dienone is 4. The largest absolute Gasteiger partial charge is 0.741 e. The Kier molecular flexibility index (Phi) is 14.4. The minimum Gasteiger partial charge on any atom is -0.741 e. The third-order valence-corrected chi connectivity index (χ3v) is 13.5. The van der Waals surface area contributed by atoms with Crippen LogP contribution in [0, 0.1) is 11.8 Å². The zero-order valence-electron chi connectivity index (χ0n) is 24.5. The van der Waals surface area contributed by atoms with Crippen LogP contribution in [0.15, 0.2) is 146 Å². The molecule has 0 amide bonds. The number of hydrogen-bond donors (Lipinski definition) is 0. The van der Waals surface area contributed by atoms with E-state index in [-0.39, 0.29) is 27.4 Å². The Bertz CT molecular complexity index is 1500. The summed E-state index contributed by atoms with van der Waals surface area (Å²) in [6.45, 7) is 2.45. The summed E-state index contributed by atoms with van der Waals surface area (Å²) in [5, 5.41) is 5.88. The van der Waals surface area contributed by atoms with Crippen LogP contribution in [-0.4, -0.2) is 30.3 Å². The summed E-state index contributed by atoms with van der Waals surface area (Å²) in [4.78, 5) is 0. The van der Waals surface area contributed by atoms with E-state index in [1.807, 2.05) is 0 Å². The van der Waals surface area contributed by atoms with Crippen LogP contribution in [0.2, 0.25) is 0 Å². The van der Waals surface area contributed by atoms with Crippen LogP contribution < -0.4 is 21.2 Å². The van der Waals surface area contributed by atoms with Gasteiger partial charge in [0.05, 0.1) is 0 Å². The van der Waals surface area contributed by atoms with Gasteiger partial charge in [-0.15, -0.1) is 0 Å². The standard InChI is InChI=1S/C27H26P2.C7H8.CHF3O3S.Rh/c1-23(29(26-18-10-4-11-19-26)27-20-12-5-13-21-27)22-28(24-14-6-2-7-15-24)25-16-8-3-9-17-25;1-2-7-4-3-6(1)5-7;2-1(3,4)8(5,6)7;/h2-21,23H,22H2,1H3;1-4,6-7H,5H2;(H,5,6,7);/p-1/t23-;;;/m1.../s1. The van der Waals surface area contributed by atoms with E-state index in [4.69, 9.17) is 13.0 Å². The van der Waals surface area contributed by atoms with Crippen molar-refractivity contribution in [1.29, 1.82) is 0 Å². The van der Waals surface area contributed by atoms with E-state index >= 15 is 0 Å². The van der Waals surface area contributed by atoms with Crippen molar-refractivity contribution in [2.45, 2.75) is 24.5 Å². The van der Waals surface area contributed by atoms with E-state index in [1.54, 1.807) is 0 Å². The van der Waals surface area contributed by atoms with Gasteiger partial charge in [-0.1, -0.05) is 153 Å². The SMILES string of the molecule is C1=CC2C=CC1C2.C[C@H](CP(c1ccccc1)c1ccccc1)P(c1ccccc1)c1ccccc1.O=S(=O)([O-])C(F)(F)F.[Rh]. The molecule has 0 saturated heterocycles. The molecule has 1 atom stereocenters. The first kappa shape index (κ1) is 37.0. The van der Waals surface area contributed by atoms with Gasteiger partial charge in [0.25, 0.3) is 0 Å². The quantitative estimate of drug-likeness (QED) is 0.0649. The Balaban J connectivity index is 0.000000282. The zero-order chi connectivity index (χ0) is 31.6. The summed E-state index contributed by atoms with van der Waals surface area (Å²) in [6.07, 6.45) is 11.7. The van der Waals surface area contributed by atoms with Crippen molar-refractivity contribution in [3.05, 3.63) is 146 Å². The van der Waals surface area contributed by atoms with Crippen molar-refractivity contribution in [2.24, 2.45) is 11.8 Å². The van der Waals surface area contributed by atoms with E-state index in [1.165, 1.54) is 33.8 Å². The van der Waals surface area contributed by atoms with Gasteiger partial charge >= 0.3 is 5.51 Å². The molecule has 0 N–H and O–H groups in total. The first-order chi connectivity index (χ1) is 21.0. The first-order valence-electron chi connectivity index (χ1n) is 14.2. The maximum atomic E-state index is 10.7. The van der Waals surface area contributed by atoms with Crippen molar-refractivity contribution in [2.75, 3.05) is 6.16 Å². The van der Waals surface area contributed by atoms with E-state index in [0.29, 0.717) is 5.66 Å². The summed E-state index contributed by atoms with van der Waals surface area (Å²) >= 11 is 0. The molecule has 239 valence electrons. The third kappa shape index (κ3) is 11.1. The van der Waals surface area contributed by atoms with E-state index in [0.717, 1.165) is 11.8 Å². The fourth-order valence-electron chi connectivity index (χ4n) is 5.08. The average molecular weight is 757 g/mol. The Morgan fingerprint density at radius 2 is 0.956 bits per heavy atom. The maximum absolute atomic E-state index is 10.7. The second kappa shape index (κ2) is 17.5. The molecule has 2 bridgehead atoms. The van der Waals surface area contributed by atoms with Crippen molar-refractivity contribution in [3.63, 3.8) is 0 Å². The molecule has 10 heteroatoms. The second-order valence-electron chi connectivity index (χ2n) is 10.4. The molecule has 3 nitrogen and oxygen atoms in total. The Hall–Kier alpha value is -2.46. The monoisotopic (exact) mass is 756 g/mol. The minimum absolute atomic E-state index is 0. The normalized spacial score (nSPS) is 17.1. The predicted octanol–water partition coefficient (Wildman–Crippen LogP) is 7.44. The summed E-state index contributed by atoms with van der Waals surface area (Å²) in [7, 11) is -6.89. The number of rotatable bonds is 7. The molecule has 2 aliphatic rings. The third-order valence-electron chi connectivity index (χ3n) is 7.13. The van der Waals surface area contributed by atoms with Gasteiger partial charge in [-0.05, 0) is 67.1 Å². The van der Waals surface area contributed by atoms with Crippen LogP contribution in [0.5, 0.6) is 0 Å². The molecule has 0 spiro atoms. The molecule has 6 rings (SSSR count). The van der Waals surface area contributed by atoms with Crippen LogP contribution in [0.25, 0.3) is 0 Å². The molecule has 0 heterocycles. The Morgan fingerprint density at radius 3 is 1.20 bits per heavy atom. The van der Waals surface area contributed by atoms with E-state index in [2.05, 4.69) is 153 Å². The van der Waals surface area contributed by atoms with Crippen LogP contribution in [0.3, 0.4) is 0 Å². The fourth-order valence-corrected chi connectivity index (χ4v) is 10.8. The Labute approximate surface area is 279 Å². The zero-order valence-corrected chi connectivity index (χ0v) is 28.7. The number of alkyl halides is 3. The molecule has 45 heavy (non-hydrogen) atoms. The number of fused-ring (bicyclic) bond motifs is 2. The summed E-state index contributed by atoms with van der Waals surface area (Å²) in [6, 6.07) is 44.3. The Morgan fingerprint density at radius 1 is 0.667 bits per heavy atom. The number of halogens is 3. The fraction of sp³-hybridized carbons (Fsp3) is 0.200. The molecule has 1 radical (unpaired) electrons. The van der Waals surface area contributed by atoms with Crippen LogP contribution in [-0.2, 0) is 29.6 Å². The molecule has 0 aromatic heterocycles. The molecular formula is C35H34F3O3P2RhS-. The topological polar surface area (TPSA) is 57.2 Å². The van der Waals surface area contributed by atoms with Gasteiger partial charge < -0.3 is 4.55 Å². The second-order valence-corrected chi connectivity index (χ2v) is 16.7. The predicted molar refractivity (Wildman–Crippen MR) is 178 cm³/mol. The first-order valence-corrected chi connectivity index (χ1v) is 18.5. The van der Waals surface area contributed by atoms with Gasteiger partial charge in [0.2, 0.25) is 0 Å².